The average molecular weight is 349 g/mol. The predicted molar refractivity (Wildman–Crippen MR) is 93.1 cm³/mol. The minimum Gasteiger partial charge on any atom is -0.493 e. The summed E-state index contributed by atoms with van der Waals surface area (Å²) >= 11 is 0. The highest BCUT2D eigenvalue weighted by molar-refractivity contribution is 5.78. The molecule has 0 unspecified atom stereocenters. The Hall–Kier alpha value is -1.79. The number of nitrogens with zero attached hydrogens (tertiary/aromatic N) is 1. The zero-order chi connectivity index (χ0) is 17.9. The maximum absolute atomic E-state index is 12.7. The Kier molecular flexibility index (Phi) is 5.49. The average Bonchev–Trinajstić information content (AvgIpc) is 2.60. The Balaban J connectivity index is 1.62. The van der Waals surface area contributed by atoms with Crippen LogP contribution >= 0.6 is 0 Å². The van der Waals surface area contributed by atoms with Crippen LogP contribution in [0.3, 0.4) is 0 Å². The number of carbonyl (C=O) groups excluding carboxylic acids is 1. The van der Waals surface area contributed by atoms with E-state index in [2.05, 4.69) is 0 Å². The second-order valence-electron chi connectivity index (χ2n) is 6.94. The fraction of sp³-hybridized carbons (Fsp3) is 0.632. The fourth-order valence-corrected chi connectivity index (χ4v) is 3.56. The van der Waals surface area contributed by atoms with Crippen molar-refractivity contribution in [2.75, 3.05) is 40.0 Å². The molecule has 2 heterocycles. The smallest absolute Gasteiger partial charge is 0.260 e. The molecule has 138 valence electrons. The first kappa shape index (κ1) is 18.0. The van der Waals surface area contributed by atoms with E-state index < -0.39 is 0 Å². The molecule has 0 aromatic heterocycles. The summed E-state index contributed by atoms with van der Waals surface area (Å²) < 4.78 is 22.7. The highest BCUT2D eigenvalue weighted by Crippen LogP contribution is 2.32. The quantitative estimate of drug-likeness (QED) is 0.834. The largest absolute Gasteiger partial charge is 0.493 e. The Bertz CT molecular complexity index is 612. The van der Waals surface area contributed by atoms with Crippen molar-refractivity contribution in [2.45, 2.75) is 38.4 Å². The number of ether oxygens (including phenoxy) is 4. The van der Waals surface area contributed by atoms with Crippen molar-refractivity contribution < 1.29 is 23.7 Å². The summed E-state index contributed by atoms with van der Waals surface area (Å²) in [5.41, 5.74) is 0.812. The van der Waals surface area contributed by atoms with E-state index in [0.29, 0.717) is 37.8 Å². The van der Waals surface area contributed by atoms with Crippen LogP contribution < -0.4 is 9.47 Å². The van der Waals surface area contributed by atoms with Crippen LogP contribution in [0.4, 0.5) is 0 Å². The maximum Gasteiger partial charge on any atom is 0.260 e. The van der Waals surface area contributed by atoms with Gasteiger partial charge in [-0.05, 0) is 31.5 Å². The Morgan fingerprint density at radius 1 is 1.32 bits per heavy atom. The minimum absolute atomic E-state index is 0.00127. The number of rotatable bonds is 4. The van der Waals surface area contributed by atoms with E-state index in [1.54, 1.807) is 7.11 Å². The highest BCUT2D eigenvalue weighted by Gasteiger charge is 2.42. The van der Waals surface area contributed by atoms with E-state index in [1.165, 1.54) is 0 Å². The first-order valence-corrected chi connectivity index (χ1v) is 8.82. The van der Waals surface area contributed by atoms with Crippen LogP contribution in [0.1, 0.15) is 25.3 Å². The summed E-state index contributed by atoms with van der Waals surface area (Å²) in [5.74, 6) is 1.20. The lowest BCUT2D eigenvalue weighted by Gasteiger charge is -2.47. The van der Waals surface area contributed by atoms with Crippen LogP contribution in [-0.4, -0.2) is 62.5 Å². The molecule has 0 radical (unpaired) electrons. The highest BCUT2D eigenvalue weighted by atomic mass is 16.5. The predicted octanol–water partition coefficient (Wildman–Crippen LogP) is 2.18. The molecule has 2 aliphatic heterocycles. The topological polar surface area (TPSA) is 57.2 Å². The molecule has 6 heteroatoms. The van der Waals surface area contributed by atoms with Gasteiger partial charge in [0.1, 0.15) is 0 Å². The molecule has 1 amide bonds. The van der Waals surface area contributed by atoms with E-state index in [9.17, 15) is 4.79 Å². The third-order valence-corrected chi connectivity index (χ3v) is 4.83. The first-order valence-electron chi connectivity index (χ1n) is 8.82. The molecular weight excluding hydrogens is 322 g/mol. The molecule has 0 N–H and O–H groups in total. The molecule has 2 fully saturated rings. The molecule has 2 saturated heterocycles. The number of benzene rings is 1. The first-order chi connectivity index (χ1) is 12.0. The lowest BCUT2D eigenvalue weighted by molar-refractivity contribution is -0.190. The number of morpholine rings is 1. The second-order valence-corrected chi connectivity index (χ2v) is 6.94. The van der Waals surface area contributed by atoms with Gasteiger partial charge < -0.3 is 23.8 Å². The van der Waals surface area contributed by atoms with Gasteiger partial charge in [-0.1, -0.05) is 6.07 Å². The second kappa shape index (κ2) is 7.62. The molecule has 2 aliphatic rings. The van der Waals surface area contributed by atoms with Crippen molar-refractivity contribution in [3.63, 3.8) is 0 Å². The standard InChI is InChI=1S/C19H27NO5/c1-14-4-5-16(17(10-14)22-3)24-12-18(21)20-11-15(2)25-19(13-20)6-8-23-9-7-19/h4-5,10,15H,6-9,11-13H2,1-3H3/t15-/m1/s1. The van der Waals surface area contributed by atoms with E-state index in [1.807, 2.05) is 36.9 Å². The SMILES string of the molecule is COc1cc(C)ccc1OCC(=O)N1C[C@@H](C)OC2(CCOCC2)C1. The molecule has 1 atom stereocenters. The molecule has 0 aliphatic carbocycles. The number of methoxy groups -OCH3 is 1. The van der Waals surface area contributed by atoms with Crippen LogP contribution in [0.25, 0.3) is 0 Å². The molecule has 1 spiro atoms. The van der Waals surface area contributed by atoms with Gasteiger partial charge >= 0.3 is 0 Å². The van der Waals surface area contributed by atoms with Gasteiger partial charge in [0.05, 0.1) is 25.4 Å². The van der Waals surface area contributed by atoms with Gasteiger partial charge in [0.15, 0.2) is 18.1 Å². The van der Waals surface area contributed by atoms with Gasteiger partial charge in [-0.15, -0.1) is 0 Å². The van der Waals surface area contributed by atoms with Crippen molar-refractivity contribution in [3.05, 3.63) is 23.8 Å². The maximum atomic E-state index is 12.7. The molecule has 0 saturated carbocycles. The number of hydrogen-bond donors (Lipinski definition) is 0. The molecule has 3 rings (SSSR count). The molecule has 6 nitrogen and oxygen atoms in total. The van der Waals surface area contributed by atoms with Gasteiger partial charge in [-0.3, -0.25) is 4.79 Å². The van der Waals surface area contributed by atoms with E-state index >= 15 is 0 Å². The zero-order valence-electron chi connectivity index (χ0n) is 15.2. The van der Waals surface area contributed by atoms with Crippen molar-refractivity contribution in [1.82, 2.24) is 4.90 Å². The van der Waals surface area contributed by atoms with Crippen molar-refractivity contribution >= 4 is 5.91 Å². The van der Waals surface area contributed by atoms with Crippen LogP contribution in [-0.2, 0) is 14.3 Å². The fourth-order valence-electron chi connectivity index (χ4n) is 3.56. The summed E-state index contributed by atoms with van der Waals surface area (Å²) in [7, 11) is 1.60. The molecule has 1 aromatic carbocycles. The third-order valence-electron chi connectivity index (χ3n) is 4.83. The van der Waals surface area contributed by atoms with E-state index in [4.69, 9.17) is 18.9 Å². The summed E-state index contributed by atoms with van der Waals surface area (Å²) in [4.78, 5) is 14.5. The molecule has 1 aromatic rings. The van der Waals surface area contributed by atoms with Gasteiger partial charge in [-0.25, -0.2) is 0 Å². The van der Waals surface area contributed by atoms with Crippen LogP contribution in [0, 0.1) is 6.92 Å². The lowest BCUT2D eigenvalue weighted by atomic mass is 9.91. The Morgan fingerprint density at radius 2 is 2.08 bits per heavy atom. The van der Waals surface area contributed by atoms with Gasteiger partial charge in [0, 0.05) is 32.6 Å². The molecule has 0 bridgehead atoms. The minimum atomic E-state index is -0.271. The Labute approximate surface area is 149 Å². The summed E-state index contributed by atoms with van der Waals surface area (Å²) in [6.45, 7) is 6.57. The summed E-state index contributed by atoms with van der Waals surface area (Å²) in [6.07, 6.45) is 1.67. The molecular formula is C19H27NO5. The van der Waals surface area contributed by atoms with Crippen LogP contribution in [0.15, 0.2) is 18.2 Å². The van der Waals surface area contributed by atoms with Crippen molar-refractivity contribution in [2.24, 2.45) is 0 Å². The van der Waals surface area contributed by atoms with E-state index in [0.717, 1.165) is 18.4 Å². The number of amides is 1. The normalized spacial score (nSPS) is 22.7. The zero-order valence-corrected chi connectivity index (χ0v) is 15.2. The third kappa shape index (κ3) is 4.25. The van der Waals surface area contributed by atoms with Gasteiger partial charge in [-0.2, -0.15) is 0 Å². The van der Waals surface area contributed by atoms with Crippen molar-refractivity contribution in [1.29, 1.82) is 0 Å². The van der Waals surface area contributed by atoms with E-state index in [-0.39, 0.29) is 24.2 Å². The lowest BCUT2D eigenvalue weighted by Crippen LogP contribution is -2.59. The summed E-state index contributed by atoms with van der Waals surface area (Å²) in [5, 5.41) is 0. The number of carbonyl (C=O) groups is 1. The Morgan fingerprint density at radius 3 is 2.80 bits per heavy atom. The van der Waals surface area contributed by atoms with Gasteiger partial charge in [0.25, 0.3) is 5.91 Å². The van der Waals surface area contributed by atoms with Crippen molar-refractivity contribution in [3.8, 4) is 11.5 Å². The number of hydrogen-bond acceptors (Lipinski definition) is 5. The van der Waals surface area contributed by atoms with Gasteiger partial charge in [0.2, 0.25) is 0 Å². The monoisotopic (exact) mass is 349 g/mol. The molecule has 25 heavy (non-hydrogen) atoms. The number of aryl methyl sites for hydroxylation is 1. The summed E-state index contributed by atoms with van der Waals surface area (Å²) in [6, 6.07) is 5.67. The van der Waals surface area contributed by atoms with Crippen LogP contribution in [0.5, 0.6) is 11.5 Å². The van der Waals surface area contributed by atoms with Crippen LogP contribution in [0.2, 0.25) is 0 Å².